The Morgan fingerprint density at radius 3 is 2.33 bits per heavy atom. The van der Waals surface area contributed by atoms with Gasteiger partial charge in [0.15, 0.2) is 0 Å². The highest BCUT2D eigenvalue weighted by Gasteiger charge is 2.44. The first-order chi connectivity index (χ1) is 18.4. The highest BCUT2D eigenvalue weighted by molar-refractivity contribution is 5.73. The van der Waals surface area contributed by atoms with Gasteiger partial charge in [0.25, 0.3) is 0 Å². The molecule has 0 bridgehead atoms. The van der Waals surface area contributed by atoms with Crippen molar-refractivity contribution in [3.05, 3.63) is 59.2 Å². The molecule has 1 aliphatic heterocycles. The van der Waals surface area contributed by atoms with Crippen LogP contribution in [0.25, 0.3) is 0 Å². The Bertz CT molecular complexity index is 941. The van der Waals surface area contributed by atoms with Crippen molar-refractivity contribution < 1.29 is 49.6 Å². The Morgan fingerprint density at radius 1 is 1.10 bits per heavy atom. The lowest BCUT2D eigenvalue weighted by Crippen LogP contribution is -2.48. The van der Waals surface area contributed by atoms with Crippen LogP contribution in [0.15, 0.2) is 53.6 Å². The van der Waals surface area contributed by atoms with Crippen molar-refractivity contribution >= 4 is 5.97 Å². The number of aliphatic hydroxyl groups is 6. The molecule has 1 fully saturated rings. The number of hydrogen-bond acceptors (Lipinski definition) is 10. The number of carbonyl (C=O) groups is 1. The molecule has 39 heavy (non-hydrogen) atoms. The van der Waals surface area contributed by atoms with Crippen LogP contribution in [0.1, 0.15) is 46.1 Å². The van der Waals surface area contributed by atoms with Crippen LogP contribution in [0.2, 0.25) is 0 Å². The van der Waals surface area contributed by atoms with E-state index in [9.17, 15) is 30.3 Å². The van der Waals surface area contributed by atoms with Crippen LogP contribution in [0.5, 0.6) is 0 Å². The maximum Gasteiger partial charge on any atom is 0.310 e. The first-order valence-electron chi connectivity index (χ1n) is 13.2. The summed E-state index contributed by atoms with van der Waals surface area (Å²) >= 11 is 0. The predicted molar refractivity (Wildman–Crippen MR) is 144 cm³/mol. The van der Waals surface area contributed by atoms with E-state index in [0.29, 0.717) is 12.0 Å². The molecule has 1 aliphatic rings. The largest absolute Gasteiger partial charge is 0.457 e. The van der Waals surface area contributed by atoms with Crippen molar-refractivity contribution in [2.75, 3.05) is 19.8 Å². The molecule has 10 nitrogen and oxygen atoms in total. The molecule has 1 saturated heterocycles. The van der Waals surface area contributed by atoms with Gasteiger partial charge >= 0.3 is 5.97 Å². The minimum Gasteiger partial charge on any atom is -0.457 e. The van der Waals surface area contributed by atoms with Crippen molar-refractivity contribution in [3.8, 4) is 0 Å². The van der Waals surface area contributed by atoms with Crippen LogP contribution in [0, 0.1) is 0 Å². The highest BCUT2D eigenvalue weighted by atomic mass is 16.6. The Labute approximate surface area is 230 Å². The summed E-state index contributed by atoms with van der Waals surface area (Å²) in [4.78, 5) is 12.8. The minimum absolute atomic E-state index is 0.0550. The van der Waals surface area contributed by atoms with Crippen molar-refractivity contribution in [2.45, 2.75) is 95.3 Å². The van der Waals surface area contributed by atoms with Gasteiger partial charge in [-0.2, -0.15) is 0 Å². The maximum absolute atomic E-state index is 12.8. The third-order valence-electron chi connectivity index (χ3n) is 6.75. The zero-order chi connectivity index (χ0) is 29.2. The summed E-state index contributed by atoms with van der Waals surface area (Å²) in [7, 11) is 0. The van der Waals surface area contributed by atoms with Gasteiger partial charge in [-0.05, 0) is 38.8 Å². The molecule has 0 saturated carbocycles. The number of hydrogen-bond donors (Lipinski definition) is 6. The quantitative estimate of drug-likeness (QED) is 0.135. The molecular weight excluding hydrogens is 508 g/mol. The average Bonchev–Trinajstić information content (AvgIpc) is 3.16. The van der Waals surface area contributed by atoms with E-state index in [2.05, 4.69) is 0 Å². The molecule has 1 heterocycles. The van der Waals surface area contributed by atoms with Crippen LogP contribution >= 0.6 is 0 Å². The van der Waals surface area contributed by atoms with Gasteiger partial charge in [-0.15, -0.1) is 0 Å². The van der Waals surface area contributed by atoms with Crippen LogP contribution in [-0.2, 0) is 25.4 Å². The number of rotatable bonds is 15. The van der Waals surface area contributed by atoms with E-state index < -0.39 is 61.4 Å². The Morgan fingerprint density at radius 2 is 1.74 bits per heavy atom. The molecular formula is C29H44O10. The standard InChI is InChI=1S/C29H44O10/c1-18(2)12-21-15-29(4,36)25(38-21)14-24(39-26(34)13-20-8-6-5-7-9-20)19(3)10-11-37-28(23(33)17-31)27(35)22(32)16-30/h5-10,12,21-25,27-28,30-33,35-36H,11,13-17H2,1-4H3/b19-10+/t21-,22+,23+,24+,25+,27+,28+,29-/m0/s1. The molecule has 0 spiro atoms. The Kier molecular flexibility index (Phi) is 13.2. The molecule has 220 valence electrons. The fraction of sp³-hybridized carbons (Fsp3) is 0.621. The first-order valence-corrected chi connectivity index (χ1v) is 13.2. The summed E-state index contributed by atoms with van der Waals surface area (Å²) in [6.45, 7) is 5.64. The Balaban J connectivity index is 2.20. The second-order valence-electron chi connectivity index (χ2n) is 10.6. The molecule has 6 N–H and O–H groups in total. The minimum atomic E-state index is -1.65. The predicted octanol–water partition coefficient (Wildman–Crippen LogP) is 0.804. The van der Waals surface area contributed by atoms with Gasteiger partial charge in [-0.1, -0.05) is 48.1 Å². The number of esters is 1. The van der Waals surface area contributed by atoms with Gasteiger partial charge in [0.2, 0.25) is 0 Å². The second kappa shape index (κ2) is 15.6. The topological polar surface area (TPSA) is 166 Å². The van der Waals surface area contributed by atoms with Crippen molar-refractivity contribution in [2.24, 2.45) is 0 Å². The maximum atomic E-state index is 12.8. The van der Waals surface area contributed by atoms with Crippen molar-refractivity contribution in [3.63, 3.8) is 0 Å². The lowest BCUT2D eigenvalue weighted by molar-refractivity contribution is -0.149. The molecule has 0 unspecified atom stereocenters. The molecule has 1 aromatic rings. The van der Waals surface area contributed by atoms with E-state index in [1.807, 2.05) is 50.3 Å². The first kappa shape index (κ1) is 33.1. The van der Waals surface area contributed by atoms with Crippen LogP contribution < -0.4 is 0 Å². The number of aliphatic hydroxyl groups excluding tert-OH is 5. The summed E-state index contributed by atoms with van der Waals surface area (Å²) in [6, 6.07) is 9.15. The molecule has 2 rings (SSSR count). The summed E-state index contributed by atoms with van der Waals surface area (Å²) in [6.07, 6.45) is -3.64. The lowest BCUT2D eigenvalue weighted by Gasteiger charge is -2.29. The zero-order valence-corrected chi connectivity index (χ0v) is 23.1. The van der Waals surface area contributed by atoms with E-state index in [0.717, 1.165) is 11.1 Å². The van der Waals surface area contributed by atoms with Gasteiger partial charge in [-0.25, -0.2) is 0 Å². The molecule has 1 aromatic carbocycles. The lowest BCUT2D eigenvalue weighted by atomic mass is 9.90. The molecule has 8 atom stereocenters. The van der Waals surface area contributed by atoms with E-state index in [-0.39, 0.29) is 25.6 Å². The second-order valence-corrected chi connectivity index (χ2v) is 10.6. The average molecular weight is 553 g/mol. The summed E-state index contributed by atoms with van der Waals surface area (Å²) in [5.74, 6) is -0.464. The summed E-state index contributed by atoms with van der Waals surface area (Å²) in [5.41, 5.74) is 1.27. The third kappa shape index (κ3) is 10.4. The monoisotopic (exact) mass is 552 g/mol. The number of benzene rings is 1. The SMILES string of the molecule is CC(C)=C[C@H]1C[C@](C)(O)[C@@H](C[C@@H](OC(=O)Cc2ccccc2)/C(C)=C/CO[C@@H]([C@H](O)[C@H](O)CO)[C@H](O)CO)O1. The van der Waals surface area contributed by atoms with E-state index in [1.165, 1.54) is 0 Å². The summed E-state index contributed by atoms with van der Waals surface area (Å²) in [5, 5.41) is 59.5. The van der Waals surface area contributed by atoms with Crippen LogP contribution in [-0.4, -0.2) is 105 Å². The fourth-order valence-corrected chi connectivity index (χ4v) is 4.50. The van der Waals surface area contributed by atoms with Gasteiger partial charge in [0, 0.05) is 12.8 Å². The smallest absolute Gasteiger partial charge is 0.310 e. The van der Waals surface area contributed by atoms with E-state index >= 15 is 0 Å². The molecule has 0 radical (unpaired) electrons. The number of allylic oxidation sites excluding steroid dienone is 1. The molecule has 0 aromatic heterocycles. The molecule has 0 aliphatic carbocycles. The number of ether oxygens (including phenoxy) is 3. The van der Waals surface area contributed by atoms with Gasteiger partial charge in [0.05, 0.1) is 44.1 Å². The van der Waals surface area contributed by atoms with Gasteiger partial charge in [0.1, 0.15) is 30.5 Å². The normalized spacial score (nSPS) is 25.4. The summed E-state index contributed by atoms with van der Waals surface area (Å²) < 4.78 is 17.5. The fourth-order valence-electron chi connectivity index (χ4n) is 4.50. The van der Waals surface area contributed by atoms with Gasteiger partial charge in [-0.3, -0.25) is 4.79 Å². The highest BCUT2D eigenvalue weighted by Crippen LogP contribution is 2.35. The Hall–Kier alpha value is -2.15. The molecule has 10 heteroatoms. The van der Waals surface area contributed by atoms with Crippen molar-refractivity contribution in [1.29, 1.82) is 0 Å². The molecule has 0 amide bonds. The third-order valence-corrected chi connectivity index (χ3v) is 6.75. The van der Waals surface area contributed by atoms with Crippen LogP contribution in [0.4, 0.5) is 0 Å². The van der Waals surface area contributed by atoms with Gasteiger partial charge < -0.3 is 44.8 Å². The zero-order valence-electron chi connectivity index (χ0n) is 23.1. The van der Waals surface area contributed by atoms with Crippen LogP contribution in [0.3, 0.4) is 0 Å². The van der Waals surface area contributed by atoms with E-state index in [1.54, 1.807) is 19.9 Å². The number of carbonyl (C=O) groups excluding carboxylic acids is 1. The van der Waals surface area contributed by atoms with Crippen molar-refractivity contribution in [1.82, 2.24) is 0 Å². The van der Waals surface area contributed by atoms with E-state index in [4.69, 9.17) is 19.3 Å².